The molecule has 7 N–H and O–H groups in total. The molecule has 0 amide bonds. The average molecular weight is 203 g/mol. The molecule has 0 spiro atoms. The minimum atomic E-state index is -4.61. The van der Waals surface area contributed by atoms with Crippen LogP contribution in [-0.4, -0.2) is 73.7 Å². The quantitative estimate of drug-likeness (QED) is 0.276. The van der Waals surface area contributed by atoms with Gasteiger partial charge in [-0.15, -0.1) is 0 Å². The summed E-state index contributed by atoms with van der Waals surface area (Å²) in [6, 6.07) is 0. The van der Waals surface area contributed by atoms with Crippen LogP contribution in [0.2, 0.25) is 0 Å². The standard InChI is InChI=1S/H3N.H4O4Si.Sr.2H/c;1-5(2,3)4;;;/h1H3;1-4H;;;/q;;+2;2*-1. The molecule has 0 aliphatic heterocycles. The average Bonchev–Trinajstić information content (AvgIpc) is 0.722. The molecule has 0 radical (unpaired) electrons. The molecular formula is H9NO4SiSr. The van der Waals surface area contributed by atoms with Crippen molar-refractivity contribution in [3.8, 4) is 0 Å². The van der Waals surface area contributed by atoms with Crippen LogP contribution in [0.1, 0.15) is 2.85 Å². The Hall–Kier alpha value is 1.50. The molecule has 0 saturated carbocycles. The van der Waals surface area contributed by atoms with Crippen LogP contribution in [0.15, 0.2) is 0 Å². The minimum absolute atomic E-state index is 0. The number of hydrogen-bond donors (Lipinski definition) is 5. The Balaban J connectivity index is -0.0000000133. The molecule has 44 valence electrons. The van der Waals surface area contributed by atoms with Gasteiger partial charge >= 0.3 is 54.5 Å². The van der Waals surface area contributed by atoms with E-state index < -0.39 is 9.05 Å². The van der Waals surface area contributed by atoms with Crippen molar-refractivity contribution in [3.05, 3.63) is 0 Å². The third-order valence-corrected chi connectivity index (χ3v) is 0. The van der Waals surface area contributed by atoms with Crippen molar-refractivity contribution >= 4 is 54.5 Å². The number of hydrogen-bond acceptors (Lipinski definition) is 5. The van der Waals surface area contributed by atoms with Crippen molar-refractivity contribution in [2.75, 3.05) is 0 Å². The molecule has 5 nitrogen and oxygen atoms in total. The van der Waals surface area contributed by atoms with Crippen LogP contribution in [0.5, 0.6) is 0 Å². The van der Waals surface area contributed by atoms with E-state index in [4.69, 9.17) is 19.2 Å². The van der Waals surface area contributed by atoms with E-state index in [1.165, 1.54) is 0 Å². The predicted octanol–water partition coefficient (Wildman–Crippen LogP) is -2.60. The van der Waals surface area contributed by atoms with Gasteiger partial charge in [0.05, 0.1) is 0 Å². The second-order valence-corrected chi connectivity index (χ2v) is 1.80. The van der Waals surface area contributed by atoms with E-state index in [2.05, 4.69) is 0 Å². The fourth-order valence-corrected chi connectivity index (χ4v) is 0. The van der Waals surface area contributed by atoms with Crippen LogP contribution >= 0.6 is 0 Å². The Morgan fingerprint density at radius 3 is 1.00 bits per heavy atom. The maximum atomic E-state index is 7.33. The molecule has 0 atom stereocenters. The maximum absolute atomic E-state index is 7.33. The Bertz CT molecular complexity index is 34.0. The largest absolute Gasteiger partial charge is 2.00 e. The van der Waals surface area contributed by atoms with Gasteiger partial charge in [0.15, 0.2) is 0 Å². The van der Waals surface area contributed by atoms with E-state index in [-0.39, 0.29) is 54.5 Å². The van der Waals surface area contributed by atoms with Gasteiger partial charge in [-0.05, 0) is 0 Å². The number of rotatable bonds is 0. The van der Waals surface area contributed by atoms with Gasteiger partial charge in [0.2, 0.25) is 0 Å². The normalized spacial score (nSPS) is 8.57. The van der Waals surface area contributed by atoms with Crippen LogP contribution < -0.4 is 6.15 Å². The molecule has 0 aliphatic carbocycles. The summed E-state index contributed by atoms with van der Waals surface area (Å²) in [6.45, 7) is 0. The molecule has 0 aromatic carbocycles. The summed E-state index contributed by atoms with van der Waals surface area (Å²) in [4.78, 5) is 29.3. The van der Waals surface area contributed by atoms with Gasteiger partial charge in [0.1, 0.15) is 0 Å². The smallest absolute Gasteiger partial charge is 1.00 e. The molecule has 0 aliphatic rings. The van der Waals surface area contributed by atoms with Crippen molar-refractivity contribution in [1.82, 2.24) is 6.15 Å². The van der Waals surface area contributed by atoms with Crippen molar-refractivity contribution in [1.29, 1.82) is 0 Å². The Labute approximate surface area is 81.9 Å². The zero-order chi connectivity index (χ0) is 4.50. The van der Waals surface area contributed by atoms with E-state index >= 15 is 0 Å². The first-order valence-electron chi connectivity index (χ1n) is 0.894. The van der Waals surface area contributed by atoms with Crippen molar-refractivity contribution in [3.63, 3.8) is 0 Å². The Kier molecular flexibility index (Phi) is 12.7. The fourth-order valence-electron chi connectivity index (χ4n) is 0. The van der Waals surface area contributed by atoms with Gasteiger partial charge in [-0.3, -0.25) is 0 Å². The van der Waals surface area contributed by atoms with Crippen LogP contribution in [0, 0.1) is 0 Å². The Morgan fingerprint density at radius 2 is 1.00 bits per heavy atom. The van der Waals surface area contributed by atoms with Gasteiger partial charge in [0, 0.05) is 0 Å². The Morgan fingerprint density at radius 1 is 1.00 bits per heavy atom. The van der Waals surface area contributed by atoms with Crippen LogP contribution in [0.3, 0.4) is 0 Å². The second kappa shape index (κ2) is 5.63. The maximum Gasteiger partial charge on any atom is 2.00 e. The summed E-state index contributed by atoms with van der Waals surface area (Å²) in [6.07, 6.45) is 0. The predicted molar refractivity (Wildman–Crippen MR) is 27.6 cm³/mol. The molecule has 0 unspecified atom stereocenters. The van der Waals surface area contributed by atoms with Gasteiger partial charge in [-0.25, -0.2) is 0 Å². The summed E-state index contributed by atoms with van der Waals surface area (Å²) in [5, 5.41) is 0. The summed E-state index contributed by atoms with van der Waals surface area (Å²) in [7, 11) is -4.61. The summed E-state index contributed by atoms with van der Waals surface area (Å²) in [5.74, 6) is 0. The summed E-state index contributed by atoms with van der Waals surface area (Å²) >= 11 is 0. The van der Waals surface area contributed by atoms with E-state index in [1.54, 1.807) is 0 Å². The van der Waals surface area contributed by atoms with E-state index in [0.717, 1.165) is 0 Å². The molecule has 0 heterocycles. The topological polar surface area (TPSA) is 116 Å². The van der Waals surface area contributed by atoms with Gasteiger partial charge in [-0.2, -0.15) is 0 Å². The molecule has 0 rings (SSSR count). The molecule has 7 heavy (non-hydrogen) atoms. The first-order chi connectivity index (χ1) is 2.00. The zero-order valence-corrected chi connectivity index (χ0v) is 8.18. The molecular weight excluding hydrogens is 194 g/mol. The molecule has 0 fully saturated rings. The van der Waals surface area contributed by atoms with E-state index in [1.807, 2.05) is 0 Å². The van der Waals surface area contributed by atoms with Crippen molar-refractivity contribution < 1.29 is 22.0 Å². The first kappa shape index (κ1) is 15.8. The molecule has 0 saturated heterocycles. The fraction of sp³-hybridized carbons (Fsp3) is 0. The molecule has 0 aromatic rings. The van der Waals surface area contributed by atoms with Crippen molar-refractivity contribution in [2.45, 2.75) is 0 Å². The third kappa shape index (κ3) is 101. The van der Waals surface area contributed by atoms with Gasteiger partial charge in [-0.1, -0.05) is 0 Å². The molecule has 0 bridgehead atoms. The SMILES string of the molecule is N.O[Si](O)(O)O.[H-].[H-].[Sr+2]. The summed E-state index contributed by atoms with van der Waals surface area (Å²) < 4.78 is 0. The summed E-state index contributed by atoms with van der Waals surface area (Å²) in [5.41, 5.74) is 0. The van der Waals surface area contributed by atoms with Crippen LogP contribution in [-0.2, 0) is 0 Å². The third-order valence-electron chi connectivity index (χ3n) is 0. The van der Waals surface area contributed by atoms with E-state index in [9.17, 15) is 0 Å². The van der Waals surface area contributed by atoms with Crippen LogP contribution in [0.25, 0.3) is 0 Å². The van der Waals surface area contributed by atoms with E-state index in [0.29, 0.717) is 0 Å². The zero-order valence-electron chi connectivity index (χ0n) is 5.70. The molecule has 7 heteroatoms. The van der Waals surface area contributed by atoms with Crippen molar-refractivity contribution in [2.24, 2.45) is 0 Å². The first-order valence-corrected chi connectivity index (χ1v) is 2.68. The second-order valence-electron chi connectivity index (χ2n) is 0.600. The van der Waals surface area contributed by atoms with Gasteiger partial charge in [0.25, 0.3) is 0 Å². The molecule has 0 aromatic heterocycles. The monoisotopic (exact) mass is 203 g/mol. The minimum Gasteiger partial charge on any atom is -1.00 e. The van der Waals surface area contributed by atoms with Gasteiger partial charge < -0.3 is 28.2 Å². The van der Waals surface area contributed by atoms with Crippen LogP contribution in [0.4, 0.5) is 0 Å².